The van der Waals surface area contributed by atoms with Crippen molar-refractivity contribution in [1.29, 1.82) is 0 Å². The predicted molar refractivity (Wildman–Crippen MR) is 65.4 cm³/mol. The molecule has 0 aliphatic rings. The normalized spacial score (nSPS) is 12.3. The molecular formula is C13H15F3N2. The zero-order valence-corrected chi connectivity index (χ0v) is 10.3. The highest BCUT2D eigenvalue weighted by molar-refractivity contribution is 5.85. The van der Waals surface area contributed by atoms with Gasteiger partial charge in [0, 0.05) is 23.0 Å². The number of hydrogen-bond acceptors (Lipinski definition) is 1. The predicted octanol–water partition coefficient (Wildman–Crippen LogP) is 3.47. The summed E-state index contributed by atoms with van der Waals surface area (Å²) in [6.45, 7) is 2.18. The van der Waals surface area contributed by atoms with Gasteiger partial charge in [-0.15, -0.1) is 0 Å². The summed E-state index contributed by atoms with van der Waals surface area (Å²) in [6.07, 6.45) is -3.54. The average molecular weight is 256 g/mol. The molecule has 1 aromatic heterocycles. The summed E-state index contributed by atoms with van der Waals surface area (Å²) in [7, 11) is 1.64. The molecule has 2 rings (SSSR count). The summed E-state index contributed by atoms with van der Waals surface area (Å²) in [5, 5.41) is 3.44. The van der Waals surface area contributed by atoms with E-state index >= 15 is 0 Å². The summed E-state index contributed by atoms with van der Waals surface area (Å²) in [5.41, 5.74) is 1.20. The minimum Gasteiger partial charge on any atom is -0.351 e. The van der Waals surface area contributed by atoms with Crippen molar-refractivity contribution in [1.82, 2.24) is 10.3 Å². The van der Waals surface area contributed by atoms with Crippen LogP contribution in [-0.2, 0) is 19.1 Å². The first-order valence-electron chi connectivity index (χ1n) is 5.82. The van der Waals surface area contributed by atoms with Crippen LogP contribution in [0.15, 0.2) is 18.2 Å². The zero-order valence-electron chi connectivity index (χ0n) is 10.3. The summed E-state index contributed by atoms with van der Waals surface area (Å²) >= 11 is 0. The third kappa shape index (κ3) is 2.22. The molecule has 0 saturated heterocycles. The number of aromatic amines is 1. The van der Waals surface area contributed by atoms with Crippen LogP contribution < -0.4 is 5.32 Å². The van der Waals surface area contributed by atoms with Gasteiger partial charge in [-0.25, -0.2) is 0 Å². The van der Waals surface area contributed by atoms with E-state index in [1.54, 1.807) is 13.1 Å². The molecule has 0 aliphatic heterocycles. The maximum Gasteiger partial charge on any atom is 0.431 e. The molecule has 0 radical (unpaired) electrons. The van der Waals surface area contributed by atoms with Crippen molar-refractivity contribution >= 4 is 10.9 Å². The SMILES string of the molecule is CCc1ccc2[nH]c(C(F)(F)F)c(CNC)c2c1. The zero-order chi connectivity index (χ0) is 13.3. The van der Waals surface area contributed by atoms with Crippen molar-refractivity contribution < 1.29 is 13.2 Å². The lowest BCUT2D eigenvalue weighted by molar-refractivity contribution is -0.141. The fourth-order valence-corrected chi connectivity index (χ4v) is 2.12. The van der Waals surface area contributed by atoms with Crippen LogP contribution in [0.25, 0.3) is 10.9 Å². The number of alkyl halides is 3. The molecule has 98 valence electrons. The van der Waals surface area contributed by atoms with Crippen LogP contribution in [0.1, 0.15) is 23.7 Å². The van der Waals surface area contributed by atoms with E-state index in [-0.39, 0.29) is 12.1 Å². The van der Waals surface area contributed by atoms with Crippen LogP contribution in [0.2, 0.25) is 0 Å². The standard InChI is InChI=1S/C13H15F3N2/c1-3-8-4-5-11-9(6-8)10(7-17-2)12(18-11)13(14,15)16/h4-6,17-18H,3,7H2,1-2H3. The third-order valence-corrected chi connectivity index (χ3v) is 3.02. The van der Waals surface area contributed by atoms with Crippen LogP contribution in [0.3, 0.4) is 0 Å². The fraction of sp³-hybridized carbons (Fsp3) is 0.385. The lowest BCUT2D eigenvalue weighted by atomic mass is 10.1. The van der Waals surface area contributed by atoms with Crippen molar-refractivity contribution in [2.75, 3.05) is 7.05 Å². The Hall–Kier alpha value is -1.49. The lowest BCUT2D eigenvalue weighted by Crippen LogP contribution is -2.13. The first kappa shape index (κ1) is 13.0. The summed E-state index contributed by atoms with van der Waals surface area (Å²) < 4.78 is 38.8. The topological polar surface area (TPSA) is 27.8 Å². The first-order chi connectivity index (χ1) is 8.47. The molecule has 0 atom stereocenters. The maximum absolute atomic E-state index is 12.9. The molecular weight excluding hydrogens is 241 g/mol. The Kier molecular flexibility index (Phi) is 3.34. The van der Waals surface area contributed by atoms with E-state index in [1.807, 2.05) is 19.1 Å². The van der Waals surface area contributed by atoms with E-state index in [0.717, 1.165) is 12.0 Å². The lowest BCUT2D eigenvalue weighted by Gasteiger charge is -2.07. The van der Waals surface area contributed by atoms with Crippen molar-refractivity contribution in [3.05, 3.63) is 35.0 Å². The van der Waals surface area contributed by atoms with Gasteiger partial charge in [0.05, 0.1) is 0 Å². The van der Waals surface area contributed by atoms with Gasteiger partial charge in [-0.3, -0.25) is 0 Å². The number of H-pyrrole nitrogens is 1. The number of halogens is 3. The van der Waals surface area contributed by atoms with Gasteiger partial charge < -0.3 is 10.3 Å². The third-order valence-electron chi connectivity index (χ3n) is 3.02. The van der Waals surface area contributed by atoms with E-state index in [4.69, 9.17) is 0 Å². The summed E-state index contributed by atoms with van der Waals surface area (Å²) in [4.78, 5) is 2.48. The van der Waals surface area contributed by atoms with Gasteiger partial charge in [0.2, 0.25) is 0 Å². The monoisotopic (exact) mass is 256 g/mol. The Labute approximate surface area is 103 Å². The quantitative estimate of drug-likeness (QED) is 0.864. The molecule has 5 heteroatoms. The van der Waals surface area contributed by atoms with Crippen LogP contribution >= 0.6 is 0 Å². The van der Waals surface area contributed by atoms with Crippen LogP contribution in [-0.4, -0.2) is 12.0 Å². The van der Waals surface area contributed by atoms with Gasteiger partial charge >= 0.3 is 6.18 Å². The van der Waals surface area contributed by atoms with Crippen molar-refractivity contribution in [2.24, 2.45) is 0 Å². The number of hydrogen-bond donors (Lipinski definition) is 2. The molecule has 0 unspecified atom stereocenters. The Morgan fingerprint density at radius 2 is 2.00 bits per heavy atom. The highest BCUT2D eigenvalue weighted by atomic mass is 19.4. The van der Waals surface area contributed by atoms with Crippen LogP contribution in [0.4, 0.5) is 13.2 Å². The first-order valence-corrected chi connectivity index (χ1v) is 5.82. The Morgan fingerprint density at radius 3 is 2.56 bits per heavy atom. The van der Waals surface area contributed by atoms with Gasteiger partial charge in [-0.05, 0) is 31.2 Å². The van der Waals surface area contributed by atoms with E-state index in [0.29, 0.717) is 10.9 Å². The second kappa shape index (κ2) is 4.65. The van der Waals surface area contributed by atoms with E-state index in [2.05, 4.69) is 10.3 Å². The average Bonchev–Trinajstić information content (AvgIpc) is 2.68. The number of fused-ring (bicyclic) bond motifs is 1. The summed E-state index contributed by atoms with van der Waals surface area (Å²) in [6, 6.07) is 5.39. The summed E-state index contributed by atoms with van der Waals surface area (Å²) in [5.74, 6) is 0. The maximum atomic E-state index is 12.9. The number of aryl methyl sites for hydroxylation is 1. The van der Waals surface area contributed by atoms with Crippen molar-refractivity contribution in [3.63, 3.8) is 0 Å². The largest absolute Gasteiger partial charge is 0.431 e. The number of nitrogens with one attached hydrogen (secondary N) is 2. The molecule has 0 spiro atoms. The fourth-order valence-electron chi connectivity index (χ4n) is 2.12. The molecule has 1 aromatic carbocycles. The number of benzene rings is 1. The molecule has 0 amide bonds. The molecule has 18 heavy (non-hydrogen) atoms. The Balaban J connectivity index is 2.68. The molecule has 1 heterocycles. The van der Waals surface area contributed by atoms with Gasteiger partial charge in [0.15, 0.2) is 0 Å². The molecule has 0 saturated carbocycles. The van der Waals surface area contributed by atoms with E-state index in [9.17, 15) is 13.2 Å². The van der Waals surface area contributed by atoms with Gasteiger partial charge in [0.1, 0.15) is 5.69 Å². The molecule has 0 aliphatic carbocycles. The molecule has 2 aromatic rings. The van der Waals surface area contributed by atoms with Gasteiger partial charge in [0.25, 0.3) is 0 Å². The van der Waals surface area contributed by atoms with E-state index in [1.165, 1.54) is 0 Å². The minimum absolute atomic E-state index is 0.196. The molecule has 2 nitrogen and oxygen atoms in total. The number of aromatic nitrogens is 1. The smallest absolute Gasteiger partial charge is 0.351 e. The molecule has 2 N–H and O–H groups in total. The number of rotatable bonds is 3. The van der Waals surface area contributed by atoms with E-state index < -0.39 is 11.9 Å². The molecule has 0 bridgehead atoms. The minimum atomic E-state index is -4.35. The van der Waals surface area contributed by atoms with Gasteiger partial charge in [-0.1, -0.05) is 13.0 Å². The second-order valence-electron chi connectivity index (χ2n) is 4.24. The highest BCUT2D eigenvalue weighted by Crippen LogP contribution is 2.35. The highest BCUT2D eigenvalue weighted by Gasteiger charge is 2.36. The van der Waals surface area contributed by atoms with Crippen molar-refractivity contribution in [2.45, 2.75) is 26.1 Å². The van der Waals surface area contributed by atoms with Crippen molar-refractivity contribution in [3.8, 4) is 0 Å². The van der Waals surface area contributed by atoms with Crippen LogP contribution in [0, 0.1) is 0 Å². The second-order valence-corrected chi connectivity index (χ2v) is 4.24. The Bertz CT molecular complexity index is 555. The Morgan fingerprint density at radius 1 is 1.28 bits per heavy atom. The van der Waals surface area contributed by atoms with Crippen LogP contribution in [0.5, 0.6) is 0 Å². The van der Waals surface area contributed by atoms with Gasteiger partial charge in [-0.2, -0.15) is 13.2 Å². The molecule has 0 fully saturated rings.